The maximum atomic E-state index is 13.0. The predicted octanol–water partition coefficient (Wildman–Crippen LogP) is 4.67. The number of thiazole rings is 1. The topological polar surface area (TPSA) is 54.5 Å². The molecule has 0 spiro atoms. The van der Waals surface area contributed by atoms with E-state index >= 15 is 0 Å². The minimum atomic E-state index is -0.137. The van der Waals surface area contributed by atoms with Gasteiger partial charge in [0.25, 0.3) is 5.91 Å². The molecule has 0 unspecified atom stereocenters. The Bertz CT molecular complexity index is 916. The first-order valence-electron chi connectivity index (χ1n) is 9.01. The van der Waals surface area contributed by atoms with Gasteiger partial charge in [0.15, 0.2) is 5.13 Å². The lowest BCUT2D eigenvalue weighted by Crippen LogP contribution is -2.17. The zero-order valence-electron chi connectivity index (χ0n) is 15.1. The van der Waals surface area contributed by atoms with Crippen LogP contribution in [0.15, 0.2) is 54.6 Å². The van der Waals surface area contributed by atoms with Gasteiger partial charge in [0.05, 0.1) is 12.8 Å². The van der Waals surface area contributed by atoms with Gasteiger partial charge in [0.1, 0.15) is 10.6 Å². The van der Waals surface area contributed by atoms with E-state index in [0.29, 0.717) is 4.88 Å². The molecule has 2 heterocycles. The van der Waals surface area contributed by atoms with E-state index in [0.717, 1.165) is 40.9 Å². The lowest BCUT2D eigenvalue weighted by molar-refractivity contribution is 0.103. The van der Waals surface area contributed by atoms with E-state index < -0.39 is 0 Å². The molecule has 0 atom stereocenters. The highest BCUT2D eigenvalue weighted by atomic mass is 32.1. The molecule has 0 radical (unpaired) electrons. The molecule has 1 amide bonds. The Morgan fingerprint density at radius 2 is 1.78 bits per heavy atom. The van der Waals surface area contributed by atoms with E-state index in [4.69, 9.17) is 9.72 Å². The lowest BCUT2D eigenvalue weighted by atomic mass is 10.1. The van der Waals surface area contributed by atoms with Crippen molar-refractivity contribution in [1.29, 1.82) is 0 Å². The molecule has 138 valence electrons. The van der Waals surface area contributed by atoms with Crippen LogP contribution in [-0.2, 0) is 0 Å². The highest BCUT2D eigenvalue weighted by Crippen LogP contribution is 2.35. The Morgan fingerprint density at radius 3 is 2.44 bits per heavy atom. The summed E-state index contributed by atoms with van der Waals surface area (Å²) in [4.78, 5) is 20.7. The van der Waals surface area contributed by atoms with Crippen LogP contribution in [0.1, 0.15) is 22.5 Å². The maximum absolute atomic E-state index is 13.0. The zero-order valence-corrected chi connectivity index (χ0v) is 16.0. The minimum absolute atomic E-state index is 0.137. The average Bonchev–Trinajstić information content (AvgIpc) is 3.39. The number of methoxy groups -OCH3 is 1. The third-order valence-corrected chi connectivity index (χ3v) is 5.71. The van der Waals surface area contributed by atoms with Crippen molar-refractivity contribution in [3.8, 4) is 17.0 Å². The number of rotatable bonds is 5. The van der Waals surface area contributed by atoms with Crippen LogP contribution in [0.3, 0.4) is 0 Å². The molecule has 0 bridgehead atoms. The summed E-state index contributed by atoms with van der Waals surface area (Å²) >= 11 is 1.46. The van der Waals surface area contributed by atoms with Gasteiger partial charge in [-0.25, -0.2) is 4.98 Å². The molecule has 6 heteroatoms. The third-order valence-electron chi connectivity index (χ3n) is 4.59. The summed E-state index contributed by atoms with van der Waals surface area (Å²) in [5.74, 6) is 0.619. The van der Waals surface area contributed by atoms with Gasteiger partial charge >= 0.3 is 0 Å². The molecule has 1 saturated heterocycles. The molecule has 1 fully saturated rings. The summed E-state index contributed by atoms with van der Waals surface area (Å²) in [5, 5.41) is 3.90. The molecule has 27 heavy (non-hydrogen) atoms. The quantitative estimate of drug-likeness (QED) is 0.700. The second-order valence-electron chi connectivity index (χ2n) is 6.42. The Labute approximate surface area is 162 Å². The van der Waals surface area contributed by atoms with E-state index in [2.05, 4.69) is 10.2 Å². The molecule has 1 N–H and O–H groups in total. The molecule has 4 rings (SSSR count). The number of nitrogens with zero attached hydrogens (tertiary/aromatic N) is 2. The summed E-state index contributed by atoms with van der Waals surface area (Å²) in [6.07, 6.45) is 2.35. The van der Waals surface area contributed by atoms with Crippen LogP contribution in [0.5, 0.6) is 5.75 Å². The van der Waals surface area contributed by atoms with E-state index in [1.165, 1.54) is 24.2 Å². The number of carbonyl (C=O) groups is 1. The van der Waals surface area contributed by atoms with Gasteiger partial charge in [-0.2, -0.15) is 0 Å². The maximum Gasteiger partial charge on any atom is 0.268 e. The second kappa shape index (κ2) is 7.80. The van der Waals surface area contributed by atoms with Crippen molar-refractivity contribution in [2.75, 3.05) is 30.4 Å². The standard InChI is InChI=1S/C21H21N3O2S/c1-26-17-11-9-16(10-12-17)22-20(25)19-18(15-7-3-2-4-8-15)23-21(27-19)24-13-5-6-14-24/h2-4,7-12H,5-6,13-14H2,1H3,(H,22,25). The Balaban J connectivity index is 1.65. The average molecular weight is 379 g/mol. The van der Waals surface area contributed by atoms with Gasteiger partial charge in [-0.05, 0) is 37.1 Å². The number of nitrogens with one attached hydrogen (secondary N) is 1. The second-order valence-corrected chi connectivity index (χ2v) is 7.39. The number of hydrogen-bond donors (Lipinski definition) is 1. The SMILES string of the molecule is COc1ccc(NC(=O)c2sc(N3CCCC3)nc2-c2ccccc2)cc1. The van der Waals surface area contributed by atoms with Crippen molar-refractivity contribution in [2.24, 2.45) is 0 Å². The van der Waals surface area contributed by atoms with Gasteiger partial charge in [-0.15, -0.1) is 0 Å². The Morgan fingerprint density at radius 1 is 1.07 bits per heavy atom. The van der Waals surface area contributed by atoms with Crippen LogP contribution in [-0.4, -0.2) is 31.1 Å². The van der Waals surface area contributed by atoms with Crippen LogP contribution < -0.4 is 15.0 Å². The van der Waals surface area contributed by atoms with Crippen LogP contribution >= 0.6 is 11.3 Å². The predicted molar refractivity (Wildman–Crippen MR) is 110 cm³/mol. The summed E-state index contributed by atoms with van der Waals surface area (Å²) < 4.78 is 5.17. The summed E-state index contributed by atoms with van der Waals surface area (Å²) in [6, 6.07) is 17.2. The van der Waals surface area contributed by atoms with Gasteiger partial charge in [0.2, 0.25) is 0 Å². The van der Waals surface area contributed by atoms with Crippen molar-refractivity contribution in [3.63, 3.8) is 0 Å². The van der Waals surface area contributed by atoms with Gasteiger partial charge in [-0.3, -0.25) is 4.79 Å². The smallest absolute Gasteiger partial charge is 0.268 e. The fourth-order valence-electron chi connectivity index (χ4n) is 3.16. The number of hydrogen-bond acceptors (Lipinski definition) is 5. The molecule has 5 nitrogen and oxygen atoms in total. The zero-order chi connectivity index (χ0) is 18.6. The monoisotopic (exact) mass is 379 g/mol. The highest BCUT2D eigenvalue weighted by Gasteiger charge is 2.23. The largest absolute Gasteiger partial charge is 0.497 e. The third kappa shape index (κ3) is 3.80. The Kier molecular flexibility index (Phi) is 5.07. The summed E-state index contributed by atoms with van der Waals surface area (Å²) in [5.41, 5.74) is 2.43. The number of aromatic nitrogens is 1. The Hall–Kier alpha value is -2.86. The van der Waals surface area contributed by atoms with Crippen molar-refractivity contribution < 1.29 is 9.53 Å². The molecular weight excluding hydrogens is 358 g/mol. The van der Waals surface area contributed by atoms with E-state index in [9.17, 15) is 4.79 Å². The number of ether oxygens (including phenoxy) is 1. The van der Waals surface area contributed by atoms with Crippen LogP contribution in [0, 0.1) is 0 Å². The highest BCUT2D eigenvalue weighted by molar-refractivity contribution is 7.18. The molecular formula is C21H21N3O2S. The number of amides is 1. The van der Waals surface area contributed by atoms with Gasteiger partial charge in [-0.1, -0.05) is 41.7 Å². The summed E-state index contributed by atoms with van der Waals surface area (Å²) in [6.45, 7) is 2.00. The molecule has 1 aliphatic heterocycles. The van der Waals surface area contributed by atoms with Crippen molar-refractivity contribution in [2.45, 2.75) is 12.8 Å². The molecule has 3 aromatic rings. The first kappa shape index (κ1) is 17.5. The van der Waals surface area contributed by atoms with Crippen LogP contribution in [0.2, 0.25) is 0 Å². The molecule has 2 aromatic carbocycles. The van der Waals surface area contributed by atoms with Crippen molar-refractivity contribution in [3.05, 3.63) is 59.5 Å². The first-order valence-corrected chi connectivity index (χ1v) is 9.83. The first-order chi connectivity index (χ1) is 13.2. The molecule has 1 aromatic heterocycles. The minimum Gasteiger partial charge on any atom is -0.497 e. The molecule has 0 saturated carbocycles. The van der Waals surface area contributed by atoms with Gasteiger partial charge in [0, 0.05) is 24.3 Å². The normalized spacial score (nSPS) is 13.6. The lowest BCUT2D eigenvalue weighted by Gasteiger charge is -2.12. The number of anilines is 2. The van der Waals surface area contributed by atoms with E-state index in [1.807, 2.05) is 54.6 Å². The number of benzene rings is 2. The van der Waals surface area contributed by atoms with E-state index in [-0.39, 0.29) is 5.91 Å². The van der Waals surface area contributed by atoms with Crippen LogP contribution in [0.25, 0.3) is 11.3 Å². The van der Waals surface area contributed by atoms with Crippen molar-refractivity contribution >= 4 is 28.1 Å². The molecule has 0 aliphatic carbocycles. The van der Waals surface area contributed by atoms with Crippen molar-refractivity contribution in [1.82, 2.24) is 4.98 Å². The number of carbonyl (C=O) groups excluding carboxylic acids is 1. The summed E-state index contributed by atoms with van der Waals surface area (Å²) in [7, 11) is 1.62. The van der Waals surface area contributed by atoms with E-state index in [1.54, 1.807) is 7.11 Å². The fourth-order valence-corrected chi connectivity index (χ4v) is 4.20. The van der Waals surface area contributed by atoms with Crippen LogP contribution in [0.4, 0.5) is 10.8 Å². The van der Waals surface area contributed by atoms with Gasteiger partial charge < -0.3 is 15.0 Å². The fraction of sp³-hybridized carbons (Fsp3) is 0.238. The molecule has 1 aliphatic rings.